The van der Waals surface area contributed by atoms with Gasteiger partial charge in [0.25, 0.3) is 0 Å². The summed E-state index contributed by atoms with van der Waals surface area (Å²) in [7, 11) is 0. The van der Waals surface area contributed by atoms with Crippen molar-refractivity contribution in [1.29, 1.82) is 0 Å². The number of benzene rings is 1. The van der Waals surface area contributed by atoms with Crippen molar-refractivity contribution in [2.75, 3.05) is 19.8 Å². The molecule has 1 unspecified atom stereocenters. The van der Waals surface area contributed by atoms with Crippen molar-refractivity contribution in [2.45, 2.75) is 109 Å². The van der Waals surface area contributed by atoms with E-state index < -0.39 is 12.0 Å². The lowest BCUT2D eigenvalue weighted by Gasteiger charge is -2.17. The molecule has 6 nitrogen and oxygen atoms in total. The minimum atomic E-state index is -3.17. The molecule has 1 aromatic carbocycles. The minimum absolute atomic E-state index is 0.128. The third-order valence-electron chi connectivity index (χ3n) is 8.54. The van der Waals surface area contributed by atoms with E-state index in [-0.39, 0.29) is 17.9 Å². The molecule has 1 aliphatic carbocycles. The van der Waals surface area contributed by atoms with Crippen LogP contribution in [0.25, 0.3) is 22.6 Å². The highest BCUT2D eigenvalue weighted by Gasteiger charge is 2.52. The topological polar surface area (TPSA) is 66.4 Å². The smallest absolute Gasteiger partial charge is 0.329 e. The summed E-state index contributed by atoms with van der Waals surface area (Å²) in [6.07, 6.45) is 17.6. The Balaban J connectivity index is 1.07. The molecule has 0 bridgehead atoms. The predicted octanol–water partition coefficient (Wildman–Crippen LogP) is 9.56. The Hall–Kier alpha value is -3.13. The summed E-state index contributed by atoms with van der Waals surface area (Å²) in [5, 5.41) is 0. The van der Waals surface area contributed by atoms with Crippen LogP contribution >= 0.6 is 0 Å². The average Bonchev–Trinajstić information content (AvgIpc) is 3.84. The molecule has 3 heterocycles. The quantitative estimate of drug-likeness (QED) is 0.119. The lowest BCUT2D eigenvalue weighted by Crippen LogP contribution is -2.30. The van der Waals surface area contributed by atoms with E-state index in [0.29, 0.717) is 24.5 Å². The molecule has 1 fully saturated rings. The number of pyridine rings is 1. The maximum Gasteiger partial charge on any atom is 0.329 e. The minimum Gasteiger partial charge on any atom is -0.494 e. The number of alkyl halides is 2. The molecule has 1 saturated carbocycles. The third kappa shape index (κ3) is 9.19. The lowest BCUT2D eigenvalue weighted by molar-refractivity contribution is -0.0821. The molecule has 0 radical (unpaired) electrons. The molecule has 0 amide bonds. The fourth-order valence-electron chi connectivity index (χ4n) is 5.63. The van der Waals surface area contributed by atoms with Crippen LogP contribution < -0.4 is 9.47 Å². The van der Waals surface area contributed by atoms with Crippen LogP contribution in [0, 0.1) is 5.92 Å². The number of hydrogen-bond donors (Lipinski definition) is 0. The van der Waals surface area contributed by atoms with Crippen molar-refractivity contribution in [2.24, 2.45) is 5.92 Å². The summed E-state index contributed by atoms with van der Waals surface area (Å²) < 4.78 is 47.7. The number of hydrogen-bond acceptors (Lipinski definition) is 6. The second-order valence-electron chi connectivity index (χ2n) is 12.3. The van der Waals surface area contributed by atoms with Gasteiger partial charge in [0.15, 0.2) is 17.6 Å². The van der Waals surface area contributed by atoms with Crippen LogP contribution in [-0.4, -0.2) is 40.9 Å². The Bertz CT molecular complexity index is 1280. The first kappa shape index (κ1) is 32.3. The molecule has 0 saturated heterocycles. The van der Waals surface area contributed by atoms with Gasteiger partial charge in [-0.3, -0.25) is 0 Å². The van der Waals surface area contributed by atoms with E-state index >= 15 is 8.78 Å². The van der Waals surface area contributed by atoms with E-state index in [4.69, 9.17) is 14.2 Å². The number of unbranched alkanes of at least 4 members (excludes halogenated alkanes) is 7. The second-order valence-corrected chi connectivity index (χ2v) is 12.3. The summed E-state index contributed by atoms with van der Waals surface area (Å²) in [6.45, 7) is 4.23. The number of ether oxygens (including phenoxy) is 3. The maximum atomic E-state index is 15.3. The van der Waals surface area contributed by atoms with Gasteiger partial charge in [-0.1, -0.05) is 76.8 Å². The molecule has 5 rings (SSSR count). The number of aromatic nitrogens is 3. The molecule has 8 heteroatoms. The number of halogens is 2. The van der Waals surface area contributed by atoms with E-state index in [1.165, 1.54) is 57.8 Å². The van der Waals surface area contributed by atoms with Crippen molar-refractivity contribution < 1.29 is 23.0 Å². The van der Waals surface area contributed by atoms with Crippen LogP contribution in [0.2, 0.25) is 0 Å². The Morgan fingerprint density at radius 1 is 0.773 bits per heavy atom. The fourth-order valence-corrected chi connectivity index (χ4v) is 5.63. The zero-order valence-corrected chi connectivity index (χ0v) is 26.1. The van der Waals surface area contributed by atoms with Gasteiger partial charge in [0.1, 0.15) is 17.2 Å². The number of rotatable bonds is 20. The zero-order valence-electron chi connectivity index (χ0n) is 26.1. The summed E-state index contributed by atoms with van der Waals surface area (Å²) in [5.41, 5.74) is 1.74. The van der Waals surface area contributed by atoms with Crippen molar-refractivity contribution >= 4 is 0 Å². The van der Waals surface area contributed by atoms with Gasteiger partial charge in [-0.25, -0.2) is 15.0 Å². The maximum absolute atomic E-state index is 15.3. The van der Waals surface area contributed by atoms with Gasteiger partial charge in [-0.05, 0) is 67.9 Å². The van der Waals surface area contributed by atoms with Crippen LogP contribution in [0.1, 0.15) is 103 Å². The van der Waals surface area contributed by atoms with Gasteiger partial charge in [-0.2, -0.15) is 8.78 Å². The van der Waals surface area contributed by atoms with Crippen LogP contribution in [0.3, 0.4) is 0 Å². The Morgan fingerprint density at radius 2 is 1.45 bits per heavy atom. The SMILES string of the molecule is CCCCCCOCCCCC1Oc2ccc(-c3ncc(-c4ccc(OCCCCCCC5CC5)cc4)cn3)nc2C1(F)F. The first-order chi connectivity index (χ1) is 21.5. The van der Waals surface area contributed by atoms with E-state index in [1.54, 1.807) is 24.5 Å². The van der Waals surface area contributed by atoms with Gasteiger partial charge < -0.3 is 14.2 Å². The standard InChI is InChI=1S/C36H47F2N3O3/c1-2-3-4-9-22-42-23-11-8-13-33-36(37,38)34-32(44-33)21-20-31(41-34)35-39-25-29(26-40-35)28-16-18-30(19-17-28)43-24-10-6-5-7-12-27-14-15-27/h16-21,25-27,33H,2-15,22-24H2,1H3. The fraction of sp³-hybridized carbons (Fsp3) is 0.583. The molecule has 1 atom stereocenters. The molecule has 2 aromatic heterocycles. The average molecular weight is 608 g/mol. The first-order valence-electron chi connectivity index (χ1n) is 16.7. The highest BCUT2D eigenvalue weighted by molar-refractivity contribution is 5.64. The van der Waals surface area contributed by atoms with Crippen molar-refractivity contribution in [3.05, 3.63) is 54.5 Å². The Kier molecular flexibility index (Phi) is 11.9. The highest BCUT2D eigenvalue weighted by Crippen LogP contribution is 2.46. The molecule has 2 aliphatic rings. The Morgan fingerprint density at radius 3 is 2.20 bits per heavy atom. The predicted molar refractivity (Wildman–Crippen MR) is 169 cm³/mol. The first-order valence-corrected chi connectivity index (χ1v) is 16.7. The van der Waals surface area contributed by atoms with Crippen molar-refractivity contribution in [1.82, 2.24) is 15.0 Å². The van der Waals surface area contributed by atoms with Crippen LogP contribution in [-0.2, 0) is 10.7 Å². The molecule has 44 heavy (non-hydrogen) atoms. The van der Waals surface area contributed by atoms with Gasteiger partial charge in [-0.15, -0.1) is 0 Å². The van der Waals surface area contributed by atoms with Gasteiger partial charge in [0, 0.05) is 31.2 Å². The number of nitrogens with zero attached hydrogens (tertiary/aromatic N) is 3. The molecular weight excluding hydrogens is 560 g/mol. The van der Waals surface area contributed by atoms with Crippen molar-refractivity contribution in [3.8, 4) is 34.1 Å². The molecule has 1 aliphatic heterocycles. The van der Waals surface area contributed by atoms with Gasteiger partial charge in [0.2, 0.25) is 0 Å². The van der Waals surface area contributed by atoms with Crippen LogP contribution in [0.15, 0.2) is 48.8 Å². The summed E-state index contributed by atoms with van der Waals surface area (Å²) in [6, 6.07) is 11.1. The Labute approximate surface area is 261 Å². The van der Waals surface area contributed by atoms with Crippen LogP contribution in [0.4, 0.5) is 8.78 Å². The summed E-state index contributed by atoms with van der Waals surface area (Å²) >= 11 is 0. The molecule has 238 valence electrons. The highest BCUT2D eigenvalue weighted by atomic mass is 19.3. The van der Waals surface area contributed by atoms with Gasteiger partial charge in [0.05, 0.1) is 6.61 Å². The molecule has 0 spiro atoms. The summed E-state index contributed by atoms with van der Waals surface area (Å²) in [5.74, 6) is -0.882. The van der Waals surface area contributed by atoms with E-state index in [9.17, 15) is 0 Å². The largest absolute Gasteiger partial charge is 0.494 e. The molecular formula is C36H47F2N3O3. The molecule has 3 aromatic rings. The van der Waals surface area contributed by atoms with E-state index in [0.717, 1.165) is 55.3 Å². The summed E-state index contributed by atoms with van der Waals surface area (Å²) in [4.78, 5) is 13.1. The normalized spacial score (nSPS) is 16.9. The van der Waals surface area contributed by atoms with E-state index in [2.05, 4.69) is 21.9 Å². The van der Waals surface area contributed by atoms with Gasteiger partial charge >= 0.3 is 5.92 Å². The van der Waals surface area contributed by atoms with E-state index in [1.807, 2.05) is 24.3 Å². The monoisotopic (exact) mass is 607 g/mol. The van der Waals surface area contributed by atoms with Crippen molar-refractivity contribution in [3.63, 3.8) is 0 Å². The molecule has 0 N–H and O–H groups in total. The second kappa shape index (κ2) is 16.3. The zero-order chi connectivity index (χ0) is 30.6. The number of fused-ring (bicyclic) bond motifs is 1. The third-order valence-corrected chi connectivity index (χ3v) is 8.54. The van der Waals surface area contributed by atoms with Crippen LogP contribution in [0.5, 0.6) is 11.5 Å². The lowest BCUT2D eigenvalue weighted by atomic mass is 10.0.